The number of pyridine rings is 1. The van der Waals surface area contributed by atoms with Crippen LogP contribution in [0.4, 0.5) is 10.2 Å². The quantitative estimate of drug-likeness (QED) is 0.588. The molecule has 2 aliphatic rings. The number of nitriles is 1. The SMILES string of the molecule is CCNC(=O)[C@@H]1CCCN(c2ccn(-c3cc(-c4c(F)cccc4C#N)nc4c3C(=O)NC4)n2)C1. The van der Waals surface area contributed by atoms with Crippen LogP contribution in [0.25, 0.3) is 16.9 Å². The van der Waals surface area contributed by atoms with E-state index in [2.05, 4.69) is 20.5 Å². The number of nitrogens with zero attached hydrogens (tertiary/aromatic N) is 5. The lowest BCUT2D eigenvalue weighted by molar-refractivity contribution is -0.125. The van der Waals surface area contributed by atoms with Crippen LogP contribution in [0.5, 0.6) is 0 Å². The zero-order valence-electron chi connectivity index (χ0n) is 19.2. The molecule has 0 saturated carbocycles. The lowest BCUT2D eigenvalue weighted by Gasteiger charge is -2.32. The van der Waals surface area contributed by atoms with E-state index in [0.29, 0.717) is 35.9 Å². The first kappa shape index (κ1) is 22.5. The molecule has 0 radical (unpaired) electrons. The molecule has 35 heavy (non-hydrogen) atoms. The van der Waals surface area contributed by atoms with Crippen LogP contribution in [-0.4, -0.2) is 46.2 Å². The van der Waals surface area contributed by atoms with Crippen LogP contribution in [0.1, 0.15) is 41.4 Å². The van der Waals surface area contributed by atoms with Crippen LogP contribution < -0.4 is 15.5 Å². The third kappa shape index (κ3) is 4.10. The fraction of sp³-hybridized carbons (Fsp3) is 0.320. The molecule has 1 aromatic carbocycles. The molecule has 1 fully saturated rings. The molecule has 4 heterocycles. The standard InChI is InChI=1S/C25H24FN7O2/c1-2-28-24(34)16-6-4-9-32(14-16)21-8-10-33(31-21)20-11-18(30-19-13-29-25(35)23(19)20)22-15(12-27)5-3-7-17(22)26/h3,5,7-8,10-11,16H,2,4,6,9,13-14H2,1H3,(H,28,34)(H,29,35)/t16-/m1/s1. The molecule has 2 N–H and O–H groups in total. The number of nitrogens with one attached hydrogen (secondary N) is 2. The number of anilines is 1. The molecule has 0 aliphatic carbocycles. The second kappa shape index (κ2) is 9.18. The first-order valence-electron chi connectivity index (χ1n) is 11.6. The summed E-state index contributed by atoms with van der Waals surface area (Å²) in [5.41, 5.74) is 1.81. The summed E-state index contributed by atoms with van der Waals surface area (Å²) >= 11 is 0. The summed E-state index contributed by atoms with van der Waals surface area (Å²) in [6.07, 6.45) is 3.44. The van der Waals surface area contributed by atoms with Gasteiger partial charge in [-0.15, -0.1) is 0 Å². The van der Waals surface area contributed by atoms with Gasteiger partial charge in [-0.25, -0.2) is 14.1 Å². The van der Waals surface area contributed by atoms with Crippen LogP contribution in [0.3, 0.4) is 0 Å². The Morgan fingerprint density at radius 3 is 3.00 bits per heavy atom. The van der Waals surface area contributed by atoms with Crippen molar-refractivity contribution < 1.29 is 14.0 Å². The number of hydrogen-bond donors (Lipinski definition) is 2. The third-order valence-corrected chi connectivity index (χ3v) is 6.40. The highest BCUT2D eigenvalue weighted by Crippen LogP contribution is 2.32. The van der Waals surface area contributed by atoms with Crippen LogP contribution in [0.15, 0.2) is 36.5 Å². The van der Waals surface area contributed by atoms with E-state index in [0.717, 1.165) is 19.4 Å². The fourth-order valence-electron chi connectivity index (χ4n) is 4.73. The molecule has 2 aromatic heterocycles. The largest absolute Gasteiger partial charge is 0.356 e. The minimum Gasteiger partial charge on any atom is -0.356 e. The number of fused-ring (bicyclic) bond motifs is 1. The van der Waals surface area contributed by atoms with Crippen molar-refractivity contribution in [2.45, 2.75) is 26.3 Å². The molecule has 1 atom stereocenters. The number of amides is 2. The second-order valence-electron chi connectivity index (χ2n) is 8.60. The lowest BCUT2D eigenvalue weighted by atomic mass is 9.97. The van der Waals surface area contributed by atoms with Gasteiger partial charge in [0.1, 0.15) is 5.82 Å². The van der Waals surface area contributed by atoms with Gasteiger partial charge in [0.2, 0.25) is 5.91 Å². The first-order chi connectivity index (χ1) is 17.0. The van der Waals surface area contributed by atoms with Crippen molar-refractivity contribution in [1.29, 1.82) is 5.26 Å². The van der Waals surface area contributed by atoms with Crippen molar-refractivity contribution in [2.75, 3.05) is 24.5 Å². The van der Waals surface area contributed by atoms with E-state index in [1.165, 1.54) is 18.2 Å². The molecular weight excluding hydrogens is 449 g/mol. The number of carbonyl (C=O) groups is 2. The van der Waals surface area contributed by atoms with Gasteiger partial charge >= 0.3 is 0 Å². The molecule has 0 unspecified atom stereocenters. The normalized spacial score (nSPS) is 17.0. The fourth-order valence-corrected chi connectivity index (χ4v) is 4.73. The summed E-state index contributed by atoms with van der Waals surface area (Å²) < 4.78 is 16.3. The lowest BCUT2D eigenvalue weighted by Crippen LogP contribution is -2.43. The predicted octanol–water partition coefficient (Wildman–Crippen LogP) is 2.54. The van der Waals surface area contributed by atoms with Crippen LogP contribution in [0, 0.1) is 23.1 Å². The average Bonchev–Trinajstić information content (AvgIpc) is 3.51. The van der Waals surface area contributed by atoms with Gasteiger partial charge in [-0.1, -0.05) is 6.07 Å². The number of halogens is 1. The van der Waals surface area contributed by atoms with Gasteiger partial charge in [0, 0.05) is 31.9 Å². The topological polar surface area (TPSA) is 116 Å². The predicted molar refractivity (Wildman–Crippen MR) is 126 cm³/mol. The van der Waals surface area contributed by atoms with E-state index in [4.69, 9.17) is 5.10 Å². The number of benzene rings is 1. The van der Waals surface area contributed by atoms with Crippen molar-refractivity contribution in [3.8, 4) is 23.0 Å². The number of aromatic nitrogens is 3. The van der Waals surface area contributed by atoms with E-state index in [-0.39, 0.29) is 41.1 Å². The van der Waals surface area contributed by atoms with Gasteiger partial charge in [0.05, 0.1) is 52.3 Å². The van der Waals surface area contributed by atoms with E-state index in [9.17, 15) is 19.2 Å². The Balaban J connectivity index is 1.54. The summed E-state index contributed by atoms with van der Waals surface area (Å²) in [5, 5.41) is 19.9. The van der Waals surface area contributed by atoms with Gasteiger partial charge in [-0.3, -0.25) is 9.59 Å². The highest BCUT2D eigenvalue weighted by Gasteiger charge is 2.30. The molecule has 10 heteroatoms. The molecule has 2 aliphatic heterocycles. The highest BCUT2D eigenvalue weighted by molar-refractivity contribution is 6.01. The van der Waals surface area contributed by atoms with Crippen LogP contribution in [0.2, 0.25) is 0 Å². The molecule has 2 amide bonds. The van der Waals surface area contributed by atoms with Crippen molar-refractivity contribution in [3.63, 3.8) is 0 Å². The van der Waals surface area contributed by atoms with Crippen LogP contribution >= 0.6 is 0 Å². The summed E-state index contributed by atoms with van der Waals surface area (Å²) in [4.78, 5) is 31.5. The van der Waals surface area contributed by atoms with E-state index < -0.39 is 5.82 Å². The molecule has 5 rings (SSSR count). The van der Waals surface area contributed by atoms with E-state index in [1.54, 1.807) is 16.9 Å². The Kier molecular flexibility index (Phi) is 5.91. The second-order valence-corrected chi connectivity index (χ2v) is 8.60. The van der Waals surface area contributed by atoms with Crippen molar-refractivity contribution >= 4 is 17.6 Å². The van der Waals surface area contributed by atoms with Gasteiger partial charge in [0.25, 0.3) is 5.91 Å². The van der Waals surface area contributed by atoms with Gasteiger partial charge in [-0.05, 0) is 38.0 Å². The van der Waals surface area contributed by atoms with Crippen molar-refractivity contribution in [3.05, 3.63) is 59.2 Å². The van der Waals surface area contributed by atoms with Crippen molar-refractivity contribution in [2.24, 2.45) is 5.92 Å². The average molecular weight is 474 g/mol. The molecule has 178 valence electrons. The van der Waals surface area contributed by atoms with Gasteiger partial charge < -0.3 is 15.5 Å². The van der Waals surface area contributed by atoms with Gasteiger partial charge in [0.15, 0.2) is 5.82 Å². The number of rotatable bonds is 5. The van der Waals surface area contributed by atoms with Crippen LogP contribution in [-0.2, 0) is 11.3 Å². The zero-order chi connectivity index (χ0) is 24.5. The third-order valence-electron chi connectivity index (χ3n) is 6.40. The smallest absolute Gasteiger partial charge is 0.255 e. The Bertz CT molecular complexity index is 1360. The first-order valence-corrected chi connectivity index (χ1v) is 11.6. The summed E-state index contributed by atoms with van der Waals surface area (Å²) in [6, 6.07) is 9.73. The maximum atomic E-state index is 14.8. The molecule has 1 saturated heterocycles. The monoisotopic (exact) mass is 473 g/mol. The molecule has 3 aromatic rings. The Morgan fingerprint density at radius 2 is 2.20 bits per heavy atom. The summed E-state index contributed by atoms with van der Waals surface area (Å²) in [6.45, 7) is 4.03. The maximum absolute atomic E-state index is 14.8. The number of carbonyl (C=O) groups excluding carboxylic acids is 2. The maximum Gasteiger partial charge on any atom is 0.255 e. The molecule has 0 bridgehead atoms. The molecule has 9 nitrogen and oxygen atoms in total. The molecule has 0 spiro atoms. The van der Waals surface area contributed by atoms with Crippen molar-refractivity contribution in [1.82, 2.24) is 25.4 Å². The van der Waals surface area contributed by atoms with E-state index >= 15 is 0 Å². The number of piperidine rings is 1. The summed E-state index contributed by atoms with van der Waals surface area (Å²) in [5.74, 6) is -0.224. The Hall–Kier alpha value is -4.26. The molecular formula is C25H24FN7O2. The zero-order valence-corrected chi connectivity index (χ0v) is 19.2. The highest BCUT2D eigenvalue weighted by atomic mass is 19.1. The Morgan fingerprint density at radius 1 is 1.34 bits per heavy atom. The Labute approximate surface area is 201 Å². The van der Waals surface area contributed by atoms with E-state index in [1.807, 2.05) is 19.1 Å². The number of hydrogen-bond acceptors (Lipinski definition) is 6. The minimum atomic E-state index is -0.564. The minimum absolute atomic E-state index is 0.0445. The summed E-state index contributed by atoms with van der Waals surface area (Å²) in [7, 11) is 0. The van der Waals surface area contributed by atoms with Gasteiger partial charge in [-0.2, -0.15) is 10.4 Å².